The molecule has 1 N–H and O–H groups in total. The van der Waals surface area contributed by atoms with Crippen LogP contribution in [0.1, 0.15) is 41.6 Å². The summed E-state index contributed by atoms with van der Waals surface area (Å²) in [6.45, 7) is 1.95. The van der Waals surface area contributed by atoms with E-state index in [2.05, 4.69) is 14.9 Å². The van der Waals surface area contributed by atoms with Gasteiger partial charge >= 0.3 is 5.97 Å². The average molecular weight is 309 g/mol. The Morgan fingerprint density at radius 2 is 2.14 bits per heavy atom. The smallest absolute Gasteiger partial charge is 0.311 e. The van der Waals surface area contributed by atoms with Gasteiger partial charge in [0.05, 0.1) is 18.7 Å². The first kappa shape index (κ1) is 14.4. The lowest BCUT2D eigenvalue weighted by atomic mass is 9.84. The van der Waals surface area contributed by atoms with Gasteiger partial charge in [0.15, 0.2) is 0 Å². The summed E-state index contributed by atoms with van der Waals surface area (Å²) < 4.78 is 8.77. The fourth-order valence-electron chi connectivity index (χ4n) is 3.80. The maximum atomic E-state index is 12.4. The SMILES string of the molecule is CCc1nnsc1C(=O)N[C@H]1[C@H]2CC[C@@H](C2)[C@H]1C(=O)OC. The highest BCUT2D eigenvalue weighted by Gasteiger charge is 2.52. The molecule has 0 aliphatic heterocycles. The average Bonchev–Trinajstić information content (AvgIpc) is 3.20. The van der Waals surface area contributed by atoms with Crippen molar-refractivity contribution in [1.29, 1.82) is 0 Å². The Kier molecular flexibility index (Phi) is 3.93. The van der Waals surface area contributed by atoms with Gasteiger partial charge in [-0.25, -0.2) is 0 Å². The molecule has 1 heterocycles. The number of nitrogens with one attached hydrogen (secondary N) is 1. The fourth-order valence-corrected chi connectivity index (χ4v) is 4.46. The number of nitrogens with zero attached hydrogens (tertiary/aromatic N) is 2. The summed E-state index contributed by atoms with van der Waals surface area (Å²) in [5.41, 5.74) is 0.718. The Morgan fingerprint density at radius 1 is 1.38 bits per heavy atom. The molecule has 0 radical (unpaired) electrons. The Labute approximate surface area is 127 Å². The molecule has 2 aliphatic carbocycles. The van der Waals surface area contributed by atoms with Crippen LogP contribution in [0.5, 0.6) is 0 Å². The normalized spacial score (nSPS) is 30.4. The zero-order chi connectivity index (χ0) is 15.0. The summed E-state index contributed by atoms with van der Waals surface area (Å²) in [4.78, 5) is 25.0. The number of rotatable bonds is 4. The third kappa shape index (κ3) is 2.43. The second kappa shape index (κ2) is 5.71. The molecule has 21 heavy (non-hydrogen) atoms. The highest BCUT2D eigenvalue weighted by atomic mass is 32.1. The topological polar surface area (TPSA) is 81.2 Å². The number of esters is 1. The van der Waals surface area contributed by atoms with E-state index in [0.29, 0.717) is 23.1 Å². The summed E-state index contributed by atoms with van der Waals surface area (Å²) in [6, 6.07) is -0.115. The van der Waals surface area contributed by atoms with Crippen LogP contribution in [0.4, 0.5) is 0 Å². The van der Waals surface area contributed by atoms with E-state index in [4.69, 9.17) is 4.74 Å². The maximum Gasteiger partial charge on any atom is 0.311 e. The minimum absolute atomic E-state index is 0.115. The standard InChI is InChI=1S/C14H19N3O3S/c1-3-9-12(21-17-16-9)13(18)15-11-8-5-4-7(6-8)10(11)14(19)20-2/h7-8,10-11H,3-6H2,1-2H3,(H,15,18)/t7-,8-,10+,11-/m0/s1. The number of hydrogen-bond acceptors (Lipinski definition) is 6. The predicted molar refractivity (Wildman–Crippen MR) is 76.9 cm³/mol. The molecular weight excluding hydrogens is 290 g/mol. The van der Waals surface area contributed by atoms with E-state index in [1.807, 2.05) is 6.92 Å². The molecule has 1 amide bonds. The number of fused-ring (bicyclic) bond motifs is 2. The Hall–Kier alpha value is -1.50. The van der Waals surface area contributed by atoms with Gasteiger partial charge in [0, 0.05) is 6.04 Å². The number of carbonyl (C=O) groups excluding carboxylic acids is 2. The molecule has 0 saturated heterocycles. The number of aryl methyl sites for hydroxylation is 1. The van der Waals surface area contributed by atoms with Gasteiger partial charge in [-0.3, -0.25) is 9.59 Å². The van der Waals surface area contributed by atoms with Gasteiger partial charge in [-0.2, -0.15) is 0 Å². The number of ether oxygens (including phenoxy) is 1. The molecule has 7 heteroatoms. The van der Waals surface area contributed by atoms with Crippen molar-refractivity contribution in [3.63, 3.8) is 0 Å². The van der Waals surface area contributed by atoms with Crippen molar-refractivity contribution >= 4 is 23.4 Å². The molecular formula is C14H19N3O3S. The largest absolute Gasteiger partial charge is 0.469 e. The Balaban J connectivity index is 1.77. The van der Waals surface area contributed by atoms with E-state index in [0.717, 1.165) is 36.5 Å². The van der Waals surface area contributed by atoms with Gasteiger partial charge in [0.2, 0.25) is 0 Å². The Bertz CT molecular complexity index is 559. The molecule has 2 aliphatic rings. The first-order valence-corrected chi connectivity index (χ1v) is 8.13. The van der Waals surface area contributed by atoms with Crippen molar-refractivity contribution in [3.05, 3.63) is 10.6 Å². The van der Waals surface area contributed by atoms with Gasteiger partial charge in [0.1, 0.15) is 4.88 Å². The summed E-state index contributed by atoms with van der Waals surface area (Å²) in [6.07, 6.45) is 3.81. The van der Waals surface area contributed by atoms with Gasteiger partial charge in [0.25, 0.3) is 5.91 Å². The Morgan fingerprint density at radius 3 is 2.86 bits per heavy atom. The van der Waals surface area contributed by atoms with E-state index in [1.54, 1.807) is 0 Å². The summed E-state index contributed by atoms with van der Waals surface area (Å²) in [7, 11) is 1.41. The molecule has 6 nitrogen and oxygen atoms in total. The molecule has 1 aromatic rings. The van der Waals surface area contributed by atoms with Crippen molar-refractivity contribution < 1.29 is 14.3 Å². The summed E-state index contributed by atoms with van der Waals surface area (Å²) in [5.74, 6) is 0.162. The van der Waals surface area contributed by atoms with Crippen molar-refractivity contribution in [2.45, 2.75) is 38.6 Å². The molecule has 0 aromatic carbocycles. The van der Waals surface area contributed by atoms with Crippen molar-refractivity contribution in [2.24, 2.45) is 17.8 Å². The molecule has 2 bridgehead atoms. The van der Waals surface area contributed by atoms with Gasteiger partial charge in [-0.05, 0) is 49.1 Å². The lowest BCUT2D eigenvalue weighted by molar-refractivity contribution is -0.148. The number of amides is 1. The minimum atomic E-state index is -0.205. The lowest BCUT2D eigenvalue weighted by Gasteiger charge is -2.29. The second-order valence-electron chi connectivity index (χ2n) is 5.78. The van der Waals surface area contributed by atoms with Crippen molar-refractivity contribution in [2.75, 3.05) is 7.11 Å². The van der Waals surface area contributed by atoms with E-state index in [-0.39, 0.29) is 23.8 Å². The van der Waals surface area contributed by atoms with E-state index < -0.39 is 0 Å². The van der Waals surface area contributed by atoms with Crippen LogP contribution in [0.15, 0.2) is 0 Å². The van der Waals surface area contributed by atoms with E-state index in [9.17, 15) is 9.59 Å². The molecule has 4 atom stereocenters. The van der Waals surface area contributed by atoms with E-state index >= 15 is 0 Å². The molecule has 3 rings (SSSR count). The maximum absolute atomic E-state index is 12.4. The van der Waals surface area contributed by atoms with Crippen LogP contribution < -0.4 is 5.32 Å². The van der Waals surface area contributed by atoms with Crippen LogP contribution in [-0.4, -0.2) is 34.6 Å². The third-order valence-electron chi connectivity index (χ3n) is 4.78. The van der Waals surface area contributed by atoms with Gasteiger partial charge in [-0.15, -0.1) is 5.10 Å². The molecule has 2 saturated carbocycles. The number of aromatic nitrogens is 2. The van der Waals surface area contributed by atoms with Crippen LogP contribution in [0.25, 0.3) is 0 Å². The summed E-state index contributed by atoms with van der Waals surface area (Å²) in [5, 5.41) is 7.01. The second-order valence-corrected chi connectivity index (χ2v) is 6.54. The quantitative estimate of drug-likeness (QED) is 0.851. The zero-order valence-electron chi connectivity index (χ0n) is 12.2. The molecule has 0 spiro atoms. The number of hydrogen-bond donors (Lipinski definition) is 1. The summed E-state index contributed by atoms with van der Waals surface area (Å²) >= 11 is 1.11. The van der Waals surface area contributed by atoms with Crippen LogP contribution >= 0.6 is 11.5 Å². The highest BCUT2D eigenvalue weighted by molar-refractivity contribution is 7.08. The molecule has 0 unspecified atom stereocenters. The first-order chi connectivity index (χ1) is 10.2. The van der Waals surface area contributed by atoms with Crippen LogP contribution in [-0.2, 0) is 16.0 Å². The fraction of sp³-hybridized carbons (Fsp3) is 0.714. The zero-order valence-corrected chi connectivity index (χ0v) is 13.0. The number of methoxy groups -OCH3 is 1. The van der Waals surface area contributed by atoms with Crippen LogP contribution in [0.3, 0.4) is 0 Å². The van der Waals surface area contributed by atoms with Crippen molar-refractivity contribution in [3.8, 4) is 0 Å². The van der Waals surface area contributed by atoms with Gasteiger partial charge < -0.3 is 10.1 Å². The number of carbonyl (C=O) groups is 2. The molecule has 114 valence electrons. The predicted octanol–water partition coefficient (Wildman–Crippen LogP) is 1.42. The lowest BCUT2D eigenvalue weighted by Crippen LogP contribution is -2.47. The highest BCUT2D eigenvalue weighted by Crippen LogP contribution is 2.49. The van der Waals surface area contributed by atoms with Crippen molar-refractivity contribution in [1.82, 2.24) is 14.9 Å². The van der Waals surface area contributed by atoms with E-state index in [1.165, 1.54) is 7.11 Å². The first-order valence-electron chi connectivity index (χ1n) is 7.35. The van der Waals surface area contributed by atoms with Crippen LogP contribution in [0.2, 0.25) is 0 Å². The molecule has 1 aromatic heterocycles. The minimum Gasteiger partial charge on any atom is -0.469 e. The van der Waals surface area contributed by atoms with Gasteiger partial charge in [-0.1, -0.05) is 11.4 Å². The monoisotopic (exact) mass is 309 g/mol. The third-order valence-corrected chi connectivity index (χ3v) is 5.55. The molecule has 2 fully saturated rings. The van der Waals surface area contributed by atoms with Crippen LogP contribution in [0, 0.1) is 17.8 Å².